The van der Waals surface area contributed by atoms with Gasteiger partial charge in [-0.3, -0.25) is 9.11 Å². The first-order chi connectivity index (χ1) is 6.86. The smallest absolute Gasteiger partial charge is 0.394 e. The van der Waals surface area contributed by atoms with Crippen LogP contribution in [0.1, 0.15) is 0 Å². The fourth-order valence-corrected chi connectivity index (χ4v) is 1.76. The first-order valence-electron chi connectivity index (χ1n) is 3.79. The SMILES string of the molecule is Nc1ccc2sccc2c1.O=S(=O)(O)O. The summed E-state index contributed by atoms with van der Waals surface area (Å²) in [6, 6.07) is 8.05. The lowest BCUT2D eigenvalue weighted by atomic mass is 10.2. The molecular weight excluding hydrogens is 238 g/mol. The van der Waals surface area contributed by atoms with Crippen LogP contribution in [-0.4, -0.2) is 17.5 Å². The average Bonchev–Trinajstić information content (AvgIpc) is 2.47. The van der Waals surface area contributed by atoms with E-state index in [1.54, 1.807) is 11.3 Å². The number of fused-ring (bicyclic) bond motifs is 1. The van der Waals surface area contributed by atoms with E-state index in [-0.39, 0.29) is 0 Å². The lowest BCUT2D eigenvalue weighted by Gasteiger charge is -1.90. The zero-order valence-electron chi connectivity index (χ0n) is 7.49. The molecule has 1 heterocycles. The van der Waals surface area contributed by atoms with Gasteiger partial charge in [0.15, 0.2) is 0 Å². The van der Waals surface area contributed by atoms with Gasteiger partial charge in [-0.05, 0) is 35.0 Å². The van der Waals surface area contributed by atoms with Crippen molar-refractivity contribution < 1.29 is 17.5 Å². The number of nitrogens with two attached hydrogens (primary N) is 1. The molecule has 0 spiro atoms. The van der Waals surface area contributed by atoms with Gasteiger partial charge in [0.2, 0.25) is 0 Å². The molecule has 0 fully saturated rings. The third-order valence-corrected chi connectivity index (χ3v) is 2.37. The number of nitrogen functional groups attached to an aromatic ring is 1. The molecule has 1 aromatic heterocycles. The first kappa shape index (κ1) is 11.9. The van der Waals surface area contributed by atoms with Gasteiger partial charge in [0.25, 0.3) is 0 Å². The quantitative estimate of drug-likeness (QED) is 0.487. The highest BCUT2D eigenvalue weighted by Gasteiger charge is 1.92. The van der Waals surface area contributed by atoms with Crippen molar-refractivity contribution in [2.75, 3.05) is 5.73 Å². The molecule has 0 aliphatic heterocycles. The summed E-state index contributed by atoms with van der Waals surface area (Å²) in [6.45, 7) is 0. The molecule has 1 aromatic carbocycles. The fourth-order valence-electron chi connectivity index (χ4n) is 0.985. The Morgan fingerprint density at radius 3 is 2.40 bits per heavy atom. The minimum Gasteiger partial charge on any atom is -0.399 e. The van der Waals surface area contributed by atoms with Crippen molar-refractivity contribution in [3.63, 3.8) is 0 Å². The van der Waals surface area contributed by atoms with E-state index in [1.165, 1.54) is 10.1 Å². The van der Waals surface area contributed by atoms with Gasteiger partial charge in [0, 0.05) is 10.4 Å². The number of rotatable bonds is 0. The van der Waals surface area contributed by atoms with Crippen LogP contribution in [0.25, 0.3) is 10.1 Å². The lowest BCUT2D eigenvalue weighted by Crippen LogP contribution is -1.89. The maximum Gasteiger partial charge on any atom is 0.394 e. The monoisotopic (exact) mass is 247 g/mol. The largest absolute Gasteiger partial charge is 0.399 e. The molecule has 7 heteroatoms. The van der Waals surface area contributed by atoms with Gasteiger partial charge in [-0.1, -0.05) is 0 Å². The molecule has 0 amide bonds. The summed E-state index contributed by atoms with van der Waals surface area (Å²) in [5.41, 5.74) is 6.43. The highest BCUT2D eigenvalue weighted by molar-refractivity contribution is 7.79. The molecule has 0 saturated heterocycles. The Morgan fingerprint density at radius 1 is 1.20 bits per heavy atom. The van der Waals surface area contributed by atoms with E-state index in [1.807, 2.05) is 12.1 Å². The van der Waals surface area contributed by atoms with E-state index in [0.29, 0.717) is 0 Å². The summed E-state index contributed by atoms with van der Waals surface area (Å²) in [4.78, 5) is 0. The van der Waals surface area contributed by atoms with Crippen LogP contribution in [0, 0.1) is 0 Å². The Balaban J connectivity index is 0.000000195. The highest BCUT2D eigenvalue weighted by Crippen LogP contribution is 2.22. The third kappa shape index (κ3) is 4.75. The standard InChI is InChI=1S/C8H7NS.H2O4S/c9-7-1-2-8-6(5-7)3-4-10-8;1-5(2,3)4/h1-5H,9H2;(H2,1,2,3,4). The molecule has 0 aliphatic rings. The lowest BCUT2D eigenvalue weighted by molar-refractivity contribution is 0.381. The molecule has 4 N–H and O–H groups in total. The summed E-state index contributed by atoms with van der Waals surface area (Å²) in [5.74, 6) is 0. The fraction of sp³-hybridized carbons (Fsp3) is 0. The highest BCUT2D eigenvalue weighted by atomic mass is 32.3. The Morgan fingerprint density at radius 2 is 1.80 bits per heavy atom. The Hall–Kier alpha value is -1.15. The zero-order valence-corrected chi connectivity index (χ0v) is 9.12. The van der Waals surface area contributed by atoms with Crippen molar-refractivity contribution in [3.05, 3.63) is 29.6 Å². The number of benzene rings is 1. The van der Waals surface area contributed by atoms with Gasteiger partial charge >= 0.3 is 10.4 Å². The van der Waals surface area contributed by atoms with E-state index in [0.717, 1.165) is 5.69 Å². The Labute approximate surface area is 90.7 Å². The predicted molar refractivity (Wildman–Crippen MR) is 60.4 cm³/mol. The Bertz CT molecular complexity index is 539. The molecule has 2 rings (SSSR count). The summed E-state index contributed by atoms with van der Waals surface area (Å²) in [6.07, 6.45) is 0. The van der Waals surface area contributed by atoms with E-state index in [9.17, 15) is 0 Å². The molecule has 15 heavy (non-hydrogen) atoms. The molecule has 0 aliphatic carbocycles. The predicted octanol–water partition coefficient (Wildman–Crippen LogP) is 1.83. The normalized spacial score (nSPS) is 10.8. The van der Waals surface area contributed by atoms with Crippen molar-refractivity contribution in [1.29, 1.82) is 0 Å². The molecule has 0 atom stereocenters. The van der Waals surface area contributed by atoms with E-state index in [2.05, 4.69) is 17.5 Å². The van der Waals surface area contributed by atoms with Gasteiger partial charge in [0.1, 0.15) is 0 Å². The molecule has 5 nitrogen and oxygen atoms in total. The van der Waals surface area contributed by atoms with E-state index >= 15 is 0 Å². The van der Waals surface area contributed by atoms with Crippen molar-refractivity contribution in [3.8, 4) is 0 Å². The number of anilines is 1. The van der Waals surface area contributed by atoms with Crippen LogP contribution in [-0.2, 0) is 10.4 Å². The van der Waals surface area contributed by atoms with Crippen molar-refractivity contribution >= 4 is 37.5 Å². The van der Waals surface area contributed by atoms with Crippen LogP contribution < -0.4 is 5.73 Å². The second-order valence-electron chi connectivity index (χ2n) is 2.67. The van der Waals surface area contributed by atoms with Crippen LogP contribution in [0.4, 0.5) is 5.69 Å². The minimum atomic E-state index is -4.67. The third-order valence-electron chi connectivity index (χ3n) is 1.48. The second kappa shape index (κ2) is 4.58. The van der Waals surface area contributed by atoms with Crippen molar-refractivity contribution in [2.45, 2.75) is 0 Å². The molecule has 0 saturated carbocycles. The molecule has 82 valence electrons. The summed E-state index contributed by atoms with van der Waals surface area (Å²) >= 11 is 1.74. The molecule has 0 radical (unpaired) electrons. The number of hydrogen-bond donors (Lipinski definition) is 3. The number of thiophene rings is 1. The molecular formula is C8H9NO4S2. The molecule has 0 unspecified atom stereocenters. The summed E-state index contributed by atoms with van der Waals surface area (Å²) in [7, 11) is -4.67. The van der Waals surface area contributed by atoms with Crippen LogP contribution in [0.2, 0.25) is 0 Å². The maximum absolute atomic E-state index is 8.74. The van der Waals surface area contributed by atoms with Gasteiger partial charge in [-0.25, -0.2) is 0 Å². The zero-order chi connectivity index (χ0) is 11.5. The maximum atomic E-state index is 8.74. The minimum absolute atomic E-state index is 0.839. The second-order valence-corrected chi connectivity index (χ2v) is 4.51. The van der Waals surface area contributed by atoms with Crippen LogP contribution >= 0.6 is 11.3 Å². The summed E-state index contributed by atoms with van der Waals surface area (Å²) in [5, 5.41) is 3.31. The molecule has 2 aromatic rings. The van der Waals surface area contributed by atoms with Gasteiger partial charge < -0.3 is 5.73 Å². The van der Waals surface area contributed by atoms with Gasteiger partial charge in [-0.2, -0.15) is 8.42 Å². The molecule has 0 bridgehead atoms. The topological polar surface area (TPSA) is 101 Å². The van der Waals surface area contributed by atoms with Crippen molar-refractivity contribution in [1.82, 2.24) is 0 Å². The first-order valence-corrected chi connectivity index (χ1v) is 6.06. The van der Waals surface area contributed by atoms with Crippen molar-refractivity contribution in [2.24, 2.45) is 0 Å². The number of hydrogen-bond acceptors (Lipinski definition) is 4. The Kier molecular flexibility index (Phi) is 3.64. The van der Waals surface area contributed by atoms with Crippen LogP contribution in [0.3, 0.4) is 0 Å². The van der Waals surface area contributed by atoms with Gasteiger partial charge in [-0.15, -0.1) is 11.3 Å². The summed E-state index contributed by atoms with van der Waals surface area (Å²) < 4.78 is 32.9. The van der Waals surface area contributed by atoms with Gasteiger partial charge in [0.05, 0.1) is 0 Å². The van der Waals surface area contributed by atoms with Crippen LogP contribution in [0.15, 0.2) is 29.6 Å². The van der Waals surface area contributed by atoms with E-state index < -0.39 is 10.4 Å². The van der Waals surface area contributed by atoms with Crippen LogP contribution in [0.5, 0.6) is 0 Å². The average molecular weight is 247 g/mol. The van der Waals surface area contributed by atoms with E-state index in [4.69, 9.17) is 23.3 Å².